The summed E-state index contributed by atoms with van der Waals surface area (Å²) in [5.74, 6) is 1.05. The molecule has 0 fully saturated rings. The maximum atomic E-state index is 4.90. The Balaban J connectivity index is 1.73. The van der Waals surface area contributed by atoms with Crippen LogP contribution in [0, 0.1) is 0 Å². The van der Waals surface area contributed by atoms with E-state index in [9.17, 15) is 0 Å². The monoisotopic (exact) mass is 340 g/mol. The van der Waals surface area contributed by atoms with Crippen LogP contribution >= 0.6 is 11.3 Å². The zero-order chi connectivity index (χ0) is 16.6. The topological polar surface area (TPSA) is 17.8 Å². The molecule has 0 atom stereocenters. The largest absolute Gasteiger partial charge is 0.319 e. The van der Waals surface area contributed by atoms with Crippen molar-refractivity contribution in [2.24, 2.45) is 0 Å². The highest BCUT2D eigenvalue weighted by Gasteiger charge is 2.14. The Morgan fingerprint density at radius 3 is 2.56 bits per heavy atom. The van der Waals surface area contributed by atoms with E-state index >= 15 is 0 Å². The smallest absolute Gasteiger partial charge is 0.151 e. The van der Waals surface area contributed by atoms with Gasteiger partial charge in [0.1, 0.15) is 0 Å². The highest BCUT2D eigenvalue weighted by Crippen LogP contribution is 2.30. The van der Waals surface area contributed by atoms with Crippen LogP contribution in [0.5, 0.6) is 0 Å². The predicted octanol–water partition coefficient (Wildman–Crippen LogP) is 5.97. The third-order valence-electron chi connectivity index (χ3n) is 4.60. The Morgan fingerprint density at radius 2 is 1.64 bits per heavy atom. The molecule has 0 N–H and O–H groups in total. The second-order valence-electron chi connectivity index (χ2n) is 6.13. The summed E-state index contributed by atoms with van der Waals surface area (Å²) >= 11 is 1.74. The van der Waals surface area contributed by atoms with Gasteiger partial charge in [0, 0.05) is 0 Å². The summed E-state index contributed by atoms with van der Waals surface area (Å²) in [4.78, 5) is 6.11. The number of rotatable bonds is 3. The van der Waals surface area contributed by atoms with E-state index in [0.29, 0.717) is 0 Å². The molecule has 2 aromatic heterocycles. The highest BCUT2D eigenvalue weighted by atomic mass is 32.1. The molecule has 5 rings (SSSR count). The van der Waals surface area contributed by atoms with E-state index in [1.165, 1.54) is 26.7 Å². The number of para-hydroxylation sites is 2. The van der Waals surface area contributed by atoms with Crippen molar-refractivity contribution in [3.8, 4) is 10.7 Å². The molecule has 2 heterocycles. The SMILES string of the molecule is c1csc(-c2nc3ccccc3n2Cc2cccc3ccccc23)c1. The van der Waals surface area contributed by atoms with Gasteiger partial charge in [-0.25, -0.2) is 4.98 Å². The lowest BCUT2D eigenvalue weighted by Gasteiger charge is -2.11. The second-order valence-corrected chi connectivity index (χ2v) is 7.07. The van der Waals surface area contributed by atoms with Crippen LogP contribution in [0.1, 0.15) is 5.56 Å². The van der Waals surface area contributed by atoms with Gasteiger partial charge in [0.2, 0.25) is 0 Å². The van der Waals surface area contributed by atoms with Crippen molar-refractivity contribution in [3.05, 3.63) is 89.8 Å². The first-order valence-electron chi connectivity index (χ1n) is 8.36. The Labute approximate surface area is 150 Å². The molecular formula is C22H16N2S. The molecule has 0 unspecified atom stereocenters. The molecule has 0 aliphatic heterocycles. The minimum atomic E-state index is 0.815. The standard InChI is InChI=1S/C22H16N2S/c1-2-10-18-16(7-1)8-5-9-17(18)15-24-20-12-4-3-11-19(20)23-22(24)21-13-6-14-25-21/h1-14H,15H2. The van der Waals surface area contributed by atoms with Gasteiger partial charge in [-0.2, -0.15) is 0 Å². The van der Waals surface area contributed by atoms with Gasteiger partial charge in [-0.15, -0.1) is 11.3 Å². The summed E-state index contributed by atoms with van der Waals surface area (Å²) in [5, 5.41) is 4.69. The van der Waals surface area contributed by atoms with Gasteiger partial charge in [0.25, 0.3) is 0 Å². The lowest BCUT2D eigenvalue weighted by Crippen LogP contribution is -2.02. The number of nitrogens with zero attached hydrogens (tertiary/aromatic N) is 2. The van der Waals surface area contributed by atoms with Crippen LogP contribution in [0.15, 0.2) is 84.2 Å². The van der Waals surface area contributed by atoms with Crippen LogP contribution in [0.4, 0.5) is 0 Å². The fraction of sp³-hybridized carbons (Fsp3) is 0.0455. The fourth-order valence-corrected chi connectivity index (χ4v) is 4.15. The maximum Gasteiger partial charge on any atom is 0.151 e. The molecule has 120 valence electrons. The summed E-state index contributed by atoms with van der Waals surface area (Å²) in [6, 6.07) is 27.7. The molecule has 2 nitrogen and oxygen atoms in total. The number of aromatic nitrogens is 2. The Morgan fingerprint density at radius 1 is 0.800 bits per heavy atom. The van der Waals surface area contributed by atoms with Crippen molar-refractivity contribution in [3.63, 3.8) is 0 Å². The lowest BCUT2D eigenvalue weighted by atomic mass is 10.0. The number of thiophene rings is 1. The van der Waals surface area contributed by atoms with E-state index in [2.05, 4.69) is 88.8 Å². The molecule has 3 aromatic carbocycles. The fourth-order valence-electron chi connectivity index (χ4n) is 3.43. The van der Waals surface area contributed by atoms with Crippen molar-refractivity contribution >= 4 is 33.1 Å². The molecule has 0 aliphatic rings. The van der Waals surface area contributed by atoms with Gasteiger partial charge in [-0.3, -0.25) is 0 Å². The maximum absolute atomic E-state index is 4.90. The quantitative estimate of drug-likeness (QED) is 0.396. The van der Waals surface area contributed by atoms with Crippen LogP contribution < -0.4 is 0 Å². The molecule has 0 bridgehead atoms. The molecule has 5 aromatic rings. The summed E-state index contributed by atoms with van der Waals surface area (Å²) in [6.07, 6.45) is 0. The molecule has 0 saturated heterocycles. The Kier molecular flexibility index (Phi) is 3.39. The van der Waals surface area contributed by atoms with E-state index in [4.69, 9.17) is 4.98 Å². The van der Waals surface area contributed by atoms with Crippen molar-refractivity contribution in [2.75, 3.05) is 0 Å². The normalized spacial score (nSPS) is 11.4. The van der Waals surface area contributed by atoms with Crippen LogP contribution in [-0.4, -0.2) is 9.55 Å². The van der Waals surface area contributed by atoms with E-state index in [1.54, 1.807) is 11.3 Å². The Bertz CT molecular complexity index is 1160. The first-order chi connectivity index (χ1) is 12.4. The number of imidazole rings is 1. The number of fused-ring (bicyclic) bond motifs is 2. The van der Waals surface area contributed by atoms with Crippen molar-refractivity contribution < 1.29 is 0 Å². The second kappa shape index (κ2) is 5.87. The molecule has 3 heteroatoms. The summed E-state index contributed by atoms with van der Waals surface area (Å²) in [6.45, 7) is 0.815. The van der Waals surface area contributed by atoms with Gasteiger partial charge in [-0.05, 0) is 39.9 Å². The lowest BCUT2D eigenvalue weighted by molar-refractivity contribution is 0.842. The van der Waals surface area contributed by atoms with Crippen molar-refractivity contribution in [2.45, 2.75) is 6.54 Å². The van der Waals surface area contributed by atoms with Gasteiger partial charge in [0.15, 0.2) is 5.82 Å². The molecule has 0 radical (unpaired) electrons. The summed E-state index contributed by atoms with van der Waals surface area (Å²) in [5.41, 5.74) is 3.55. The van der Waals surface area contributed by atoms with Crippen molar-refractivity contribution in [1.82, 2.24) is 9.55 Å². The third kappa shape index (κ3) is 2.44. The highest BCUT2D eigenvalue weighted by molar-refractivity contribution is 7.13. The van der Waals surface area contributed by atoms with Gasteiger partial charge < -0.3 is 4.57 Å². The summed E-state index contributed by atoms with van der Waals surface area (Å²) in [7, 11) is 0. The van der Waals surface area contributed by atoms with E-state index in [1.807, 2.05) is 0 Å². The first-order valence-corrected chi connectivity index (χ1v) is 9.24. The molecule has 0 spiro atoms. The molecule has 0 saturated carbocycles. The van der Waals surface area contributed by atoms with Crippen LogP contribution in [-0.2, 0) is 6.54 Å². The minimum absolute atomic E-state index is 0.815. The zero-order valence-electron chi connectivity index (χ0n) is 13.6. The molecular weight excluding hydrogens is 324 g/mol. The van der Waals surface area contributed by atoms with Gasteiger partial charge in [0.05, 0.1) is 22.5 Å². The van der Waals surface area contributed by atoms with Crippen LogP contribution in [0.2, 0.25) is 0 Å². The molecule has 0 aliphatic carbocycles. The average Bonchev–Trinajstić information content (AvgIpc) is 3.30. The van der Waals surface area contributed by atoms with E-state index in [0.717, 1.165) is 17.9 Å². The van der Waals surface area contributed by atoms with Crippen LogP contribution in [0.25, 0.3) is 32.5 Å². The summed E-state index contributed by atoms with van der Waals surface area (Å²) < 4.78 is 2.34. The number of benzene rings is 3. The Hall–Kier alpha value is -2.91. The zero-order valence-corrected chi connectivity index (χ0v) is 14.4. The van der Waals surface area contributed by atoms with E-state index in [-0.39, 0.29) is 0 Å². The van der Waals surface area contributed by atoms with E-state index < -0.39 is 0 Å². The molecule has 0 amide bonds. The van der Waals surface area contributed by atoms with Gasteiger partial charge >= 0.3 is 0 Å². The number of hydrogen-bond acceptors (Lipinski definition) is 2. The first kappa shape index (κ1) is 14.4. The number of hydrogen-bond donors (Lipinski definition) is 0. The third-order valence-corrected chi connectivity index (χ3v) is 5.47. The average molecular weight is 340 g/mol. The minimum Gasteiger partial charge on any atom is -0.319 e. The van der Waals surface area contributed by atoms with Gasteiger partial charge in [-0.1, -0.05) is 60.7 Å². The van der Waals surface area contributed by atoms with Crippen molar-refractivity contribution in [1.29, 1.82) is 0 Å². The predicted molar refractivity (Wildman–Crippen MR) is 106 cm³/mol. The van der Waals surface area contributed by atoms with Crippen LogP contribution in [0.3, 0.4) is 0 Å². The molecule has 25 heavy (non-hydrogen) atoms.